The van der Waals surface area contributed by atoms with E-state index < -0.39 is 0 Å². The highest BCUT2D eigenvalue weighted by molar-refractivity contribution is 4.82. The van der Waals surface area contributed by atoms with Crippen LogP contribution in [0.1, 0.15) is 47.5 Å². The molecule has 0 aromatic carbocycles. The van der Waals surface area contributed by atoms with Gasteiger partial charge in [0.1, 0.15) is 0 Å². The summed E-state index contributed by atoms with van der Waals surface area (Å²) >= 11 is 0. The van der Waals surface area contributed by atoms with Crippen LogP contribution in [0, 0.1) is 10.8 Å². The molecule has 0 atom stereocenters. The zero-order valence-corrected chi connectivity index (χ0v) is 9.46. The lowest BCUT2D eigenvalue weighted by Crippen LogP contribution is -2.29. The summed E-state index contributed by atoms with van der Waals surface area (Å²) < 4.78 is 0. The summed E-state index contributed by atoms with van der Waals surface area (Å²) in [5.74, 6) is 0. The van der Waals surface area contributed by atoms with E-state index in [1.807, 2.05) is 0 Å². The first-order valence-electron chi connectivity index (χ1n) is 4.82. The van der Waals surface area contributed by atoms with Gasteiger partial charge in [-0.05, 0) is 29.2 Å². The van der Waals surface area contributed by atoms with Crippen molar-refractivity contribution in [2.24, 2.45) is 15.9 Å². The lowest BCUT2D eigenvalue weighted by Gasteiger charge is -2.39. The first-order chi connectivity index (χ1) is 5.81. The van der Waals surface area contributed by atoms with Gasteiger partial charge in [-0.15, -0.1) is 0 Å². The van der Waals surface area contributed by atoms with Gasteiger partial charge in [0, 0.05) is 11.5 Å². The summed E-state index contributed by atoms with van der Waals surface area (Å²) in [5.41, 5.74) is 8.73. The van der Waals surface area contributed by atoms with Gasteiger partial charge in [-0.25, -0.2) is 0 Å². The Kier molecular flexibility index (Phi) is 4.28. The number of hydrogen-bond acceptors (Lipinski definition) is 1. The van der Waals surface area contributed by atoms with Crippen LogP contribution in [-0.2, 0) is 0 Å². The second-order valence-electron chi connectivity index (χ2n) is 5.19. The van der Waals surface area contributed by atoms with Crippen LogP contribution in [0.5, 0.6) is 0 Å². The molecule has 0 aromatic heterocycles. The monoisotopic (exact) mass is 183 g/mol. The van der Waals surface area contributed by atoms with E-state index in [1.165, 1.54) is 0 Å². The molecule has 0 amide bonds. The van der Waals surface area contributed by atoms with Crippen molar-refractivity contribution in [1.29, 1.82) is 0 Å². The van der Waals surface area contributed by atoms with Gasteiger partial charge in [-0.3, -0.25) is 0 Å². The molecule has 0 aliphatic heterocycles. The van der Waals surface area contributed by atoms with Gasteiger partial charge in [0.05, 0.1) is 0 Å². The SMILES string of the molecule is CC(C)(C)C(C)(C)CCCN=[N+]=[N-]. The first kappa shape index (κ1) is 12.3. The van der Waals surface area contributed by atoms with Gasteiger partial charge in [0.15, 0.2) is 0 Å². The van der Waals surface area contributed by atoms with Crippen molar-refractivity contribution in [2.45, 2.75) is 47.5 Å². The summed E-state index contributed by atoms with van der Waals surface area (Å²) in [5, 5.41) is 3.54. The van der Waals surface area contributed by atoms with Crippen LogP contribution in [0.2, 0.25) is 0 Å². The highest BCUT2D eigenvalue weighted by atomic mass is 15.1. The van der Waals surface area contributed by atoms with Crippen LogP contribution in [0.25, 0.3) is 10.4 Å². The molecule has 0 N–H and O–H groups in total. The highest BCUT2D eigenvalue weighted by Crippen LogP contribution is 2.41. The molecular formula is C10H21N3. The van der Waals surface area contributed by atoms with Gasteiger partial charge in [-0.1, -0.05) is 39.7 Å². The van der Waals surface area contributed by atoms with E-state index in [1.54, 1.807) is 0 Å². The van der Waals surface area contributed by atoms with Gasteiger partial charge in [0.25, 0.3) is 0 Å². The largest absolute Gasteiger partial charge is 0.0940 e. The molecule has 3 nitrogen and oxygen atoms in total. The Bertz CT molecular complexity index is 195. The standard InChI is InChI=1S/C10H21N3/c1-9(2,3)10(4,5)7-6-8-12-13-11/h6-8H2,1-5H3. The van der Waals surface area contributed by atoms with Crippen LogP contribution in [0.3, 0.4) is 0 Å². The van der Waals surface area contributed by atoms with Crippen LogP contribution in [0.15, 0.2) is 5.11 Å². The third kappa shape index (κ3) is 4.18. The lowest BCUT2D eigenvalue weighted by molar-refractivity contribution is 0.118. The normalized spacial score (nSPS) is 12.4. The van der Waals surface area contributed by atoms with Gasteiger partial charge in [-0.2, -0.15) is 0 Å². The molecule has 0 aromatic rings. The van der Waals surface area contributed by atoms with E-state index in [-0.39, 0.29) is 0 Å². The van der Waals surface area contributed by atoms with Gasteiger partial charge < -0.3 is 0 Å². The molecule has 76 valence electrons. The Labute approximate surface area is 81.2 Å². The van der Waals surface area contributed by atoms with E-state index in [0.29, 0.717) is 17.4 Å². The summed E-state index contributed by atoms with van der Waals surface area (Å²) in [7, 11) is 0. The molecule has 0 heterocycles. The molecule has 13 heavy (non-hydrogen) atoms. The number of azide groups is 1. The van der Waals surface area contributed by atoms with Crippen molar-refractivity contribution < 1.29 is 0 Å². The molecule has 0 saturated carbocycles. The first-order valence-corrected chi connectivity index (χ1v) is 4.82. The van der Waals surface area contributed by atoms with Crippen molar-refractivity contribution in [3.63, 3.8) is 0 Å². The van der Waals surface area contributed by atoms with E-state index >= 15 is 0 Å². The van der Waals surface area contributed by atoms with Crippen LogP contribution in [-0.4, -0.2) is 6.54 Å². The van der Waals surface area contributed by atoms with Crippen molar-refractivity contribution in [2.75, 3.05) is 6.54 Å². The number of nitrogens with zero attached hydrogens (tertiary/aromatic N) is 3. The Morgan fingerprint density at radius 3 is 2.08 bits per heavy atom. The Morgan fingerprint density at radius 2 is 1.69 bits per heavy atom. The topological polar surface area (TPSA) is 48.8 Å². The molecule has 0 aliphatic rings. The van der Waals surface area contributed by atoms with Crippen LogP contribution < -0.4 is 0 Å². The van der Waals surface area contributed by atoms with Crippen LogP contribution in [0.4, 0.5) is 0 Å². The quantitative estimate of drug-likeness (QED) is 0.272. The molecule has 3 heteroatoms. The highest BCUT2D eigenvalue weighted by Gasteiger charge is 2.31. The molecule has 0 radical (unpaired) electrons. The van der Waals surface area contributed by atoms with Crippen molar-refractivity contribution >= 4 is 0 Å². The molecule has 0 unspecified atom stereocenters. The molecule has 0 bridgehead atoms. The molecule has 0 saturated heterocycles. The minimum atomic E-state index is 0.304. The molecule has 0 spiro atoms. The fourth-order valence-corrected chi connectivity index (χ4v) is 1.01. The zero-order valence-electron chi connectivity index (χ0n) is 9.46. The second-order valence-corrected chi connectivity index (χ2v) is 5.19. The maximum absolute atomic E-state index is 8.11. The van der Waals surface area contributed by atoms with E-state index in [0.717, 1.165) is 12.8 Å². The summed E-state index contributed by atoms with van der Waals surface area (Å²) in [4.78, 5) is 2.74. The minimum Gasteiger partial charge on any atom is -0.0940 e. The molecule has 0 rings (SSSR count). The Hall–Kier alpha value is -0.690. The smallest absolute Gasteiger partial charge is 0.0258 e. The fourth-order valence-electron chi connectivity index (χ4n) is 1.01. The minimum absolute atomic E-state index is 0.304. The zero-order chi connectivity index (χ0) is 10.5. The van der Waals surface area contributed by atoms with Crippen LogP contribution >= 0.6 is 0 Å². The van der Waals surface area contributed by atoms with E-state index in [2.05, 4.69) is 44.6 Å². The third-order valence-corrected chi connectivity index (χ3v) is 3.15. The van der Waals surface area contributed by atoms with Gasteiger partial charge >= 0.3 is 0 Å². The molecule has 0 fully saturated rings. The predicted octanol–water partition coefficient (Wildman–Crippen LogP) is 4.15. The van der Waals surface area contributed by atoms with E-state index in [4.69, 9.17) is 5.53 Å². The average Bonchev–Trinajstić information content (AvgIpc) is 1.96. The summed E-state index contributed by atoms with van der Waals surface area (Å²) in [6.45, 7) is 11.9. The van der Waals surface area contributed by atoms with Crippen molar-refractivity contribution in [3.05, 3.63) is 10.4 Å². The molecule has 0 aliphatic carbocycles. The van der Waals surface area contributed by atoms with Crippen molar-refractivity contribution in [1.82, 2.24) is 0 Å². The summed E-state index contributed by atoms with van der Waals surface area (Å²) in [6, 6.07) is 0. The second kappa shape index (κ2) is 4.52. The van der Waals surface area contributed by atoms with Gasteiger partial charge in [0.2, 0.25) is 0 Å². The predicted molar refractivity (Wildman–Crippen MR) is 56.5 cm³/mol. The fraction of sp³-hybridized carbons (Fsp3) is 1.00. The Morgan fingerprint density at radius 1 is 1.15 bits per heavy atom. The average molecular weight is 183 g/mol. The lowest BCUT2D eigenvalue weighted by atomic mass is 9.67. The maximum Gasteiger partial charge on any atom is 0.0258 e. The van der Waals surface area contributed by atoms with E-state index in [9.17, 15) is 0 Å². The van der Waals surface area contributed by atoms with Crippen molar-refractivity contribution in [3.8, 4) is 0 Å². The third-order valence-electron chi connectivity index (χ3n) is 3.15. The maximum atomic E-state index is 8.11. The molecular weight excluding hydrogens is 162 g/mol. The Balaban J connectivity index is 3.96. The number of rotatable bonds is 4. The summed E-state index contributed by atoms with van der Waals surface area (Å²) in [6.07, 6.45) is 2.09. The number of hydrogen-bond donors (Lipinski definition) is 0.